The first-order valence-electron chi connectivity index (χ1n) is 7.31. The summed E-state index contributed by atoms with van der Waals surface area (Å²) in [6.07, 6.45) is 1.72. The Morgan fingerprint density at radius 2 is 1.88 bits per heavy atom. The first-order chi connectivity index (χ1) is 11.7. The maximum atomic E-state index is 12.2. The molecule has 0 aliphatic rings. The Morgan fingerprint density at radius 1 is 1.08 bits per heavy atom. The predicted octanol–water partition coefficient (Wildman–Crippen LogP) is 2.18. The van der Waals surface area contributed by atoms with Crippen molar-refractivity contribution >= 4 is 10.9 Å². The second-order valence-corrected chi connectivity index (χ2v) is 5.18. The monoisotopic (exact) mass is 319 g/mol. The van der Waals surface area contributed by atoms with E-state index in [0.717, 1.165) is 11.4 Å². The molecule has 0 radical (unpaired) electrons. The van der Waals surface area contributed by atoms with E-state index in [1.54, 1.807) is 36.2 Å². The summed E-state index contributed by atoms with van der Waals surface area (Å²) < 4.78 is 6.75. The summed E-state index contributed by atoms with van der Waals surface area (Å²) in [7, 11) is 1.62. The van der Waals surface area contributed by atoms with Crippen LogP contribution >= 0.6 is 0 Å². The van der Waals surface area contributed by atoms with Gasteiger partial charge in [0.15, 0.2) is 5.82 Å². The molecule has 2 aromatic heterocycles. The van der Waals surface area contributed by atoms with Crippen LogP contribution in [0.3, 0.4) is 0 Å². The molecule has 0 saturated carbocycles. The van der Waals surface area contributed by atoms with Crippen LogP contribution < -0.4 is 10.3 Å². The van der Waals surface area contributed by atoms with E-state index in [9.17, 15) is 4.79 Å². The fourth-order valence-electron chi connectivity index (χ4n) is 2.44. The van der Waals surface area contributed by atoms with Crippen LogP contribution in [-0.2, 0) is 0 Å². The van der Waals surface area contributed by atoms with Gasteiger partial charge >= 0.3 is 0 Å². The van der Waals surface area contributed by atoms with Crippen LogP contribution in [0.4, 0.5) is 0 Å². The van der Waals surface area contributed by atoms with Crippen molar-refractivity contribution in [3.05, 3.63) is 65.1 Å². The van der Waals surface area contributed by atoms with Crippen molar-refractivity contribution in [3.8, 4) is 23.0 Å². The average molecular weight is 319 g/mol. The number of nitrogens with zero attached hydrogens (tertiary/aromatic N) is 4. The molecule has 0 atom stereocenters. The molecule has 4 aromatic rings. The second-order valence-electron chi connectivity index (χ2n) is 5.18. The lowest BCUT2D eigenvalue weighted by molar-refractivity contribution is 0.414. The van der Waals surface area contributed by atoms with Crippen molar-refractivity contribution in [2.45, 2.75) is 0 Å². The normalized spacial score (nSPS) is 10.9. The first-order valence-corrected chi connectivity index (χ1v) is 7.31. The van der Waals surface area contributed by atoms with E-state index >= 15 is 0 Å². The van der Waals surface area contributed by atoms with Gasteiger partial charge in [0.2, 0.25) is 0 Å². The number of hydrogen-bond acceptors (Lipinski definition) is 5. The fraction of sp³-hybridized carbons (Fsp3) is 0.0588. The van der Waals surface area contributed by atoms with E-state index in [4.69, 9.17) is 4.74 Å². The Hall–Kier alpha value is -3.48. The van der Waals surface area contributed by atoms with Crippen LogP contribution in [0, 0.1) is 0 Å². The minimum atomic E-state index is -0.199. The maximum Gasteiger partial charge on any atom is 0.259 e. The third-order valence-electron chi connectivity index (χ3n) is 3.69. The number of ether oxygens (including phenoxy) is 1. The molecule has 0 aliphatic heterocycles. The molecule has 7 nitrogen and oxygen atoms in total. The van der Waals surface area contributed by atoms with E-state index < -0.39 is 0 Å². The number of benzene rings is 2. The molecule has 0 saturated heterocycles. The third-order valence-corrected chi connectivity index (χ3v) is 3.69. The zero-order valence-electron chi connectivity index (χ0n) is 12.8. The van der Waals surface area contributed by atoms with Gasteiger partial charge in [-0.1, -0.05) is 17.3 Å². The molecule has 0 bridgehead atoms. The molecule has 24 heavy (non-hydrogen) atoms. The molecule has 0 amide bonds. The van der Waals surface area contributed by atoms with E-state index in [1.165, 1.54) is 0 Å². The topological polar surface area (TPSA) is 85.7 Å². The summed E-state index contributed by atoms with van der Waals surface area (Å²) in [4.78, 5) is 19.4. The van der Waals surface area contributed by atoms with Crippen LogP contribution in [0.25, 0.3) is 28.1 Å². The minimum Gasteiger partial charge on any atom is -0.497 e. The van der Waals surface area contributed by atoms with Gasteiger partial charge in [0.25, 0.3) is 5.56 Å². The van der Waals surface area contributed by atoms with Crippen LogP contribution in [0.15, 0.2) is 59.5 Å². The summed E-state index contributed by atoms with van der Waals surface area (Å²) in [5.41, 5.74) is 1.75. The predicted molar refractivity (Wildman–Crippen MR) is 89.3 cm³/mol. The number of methoxy groups -OCH3 is 1. The number of fused-ring (bicyclic) bond motifs is 1. The lowest BCUT2D eigenvalue weighted by atomic mass is 10.2. The van der Waals surface area contributed by atoms with Gasteiger partial charge in [-0.15, -0.1) is 5.10 Å². The fourth-order valence-corrected chi connectivity index (χ4v) is 2.44. The van der Waals surface area contributed by atoms with Gasteiger partial charge in [-0.2, -0.15) is 0 Å². The molecule has 1 N–H and O–H groups in total. The molecule has 0 fully saturated rings. The maximum absolute atomic E-state index is 12.2. The SMILES string of the molecule is COc1ccc(-n2cc(-c3nc4ccccc4c(=O)[nH]3)nn2)cc1. The number of nitrogens with one attached hydrogen (secondary N) is 1. The van der Waals surface area contributed by atoms with Gasteiger partial charge in [-0.25, -0.2) is 9.67 Å². The highest BCUT2D eigenvalue weighted by atomic mass is 16.5. The van der Waals surface area contributed by atoms with Crippen LogP contribution in [0.5, 0.6) is 5.75 Å². The average Bonchev–Trinajstić information content (AvgIpc) is 3.12. The minimum absolute atomic E-state index is 0.199. The zero-order chi connectivity index (χ0) is 16.5. The molecular weight excluding hydrogens is 306 g/mol. The lowest BCUT2D eigenvalue weighted by Crippen LogP contribution is -2.09. The number of aromatic nitrogens is 5. The third kappa shape index (κ3) is 2.41. The molecule has 0 spiro atoms. The number of aromatic amines is 1. The van der Waals surface area contributed by atoms with Crippen molar-refractivity contribution in [2.24, 2.45) is 0 Å². The van der Waals surface area contributed by atoms with E-state index in [0.29, 0.717) is 22.4 Å². The molecular formula is C17H13N5O2. The van der Waals surface area contributed by atoms with Gasteiger partial charge in [-0.05, 0) is 36.4 Å². The Balaban J connectivity index is 1.75. The Kier molecular flexibility index (Phi) is 3.31. The molecule has 118 valence electrons. The van der Waals surface area contributed by atoms with Crippen molar-refractivity contribution in [1.82, 2.24) is 25.0 Å². The van der Waals surface area contributed by atoms with E-state index in [2.05, 4.69) is 20.3 Å². The summed E-state index contributed by atoms with van der Waals surface area (Å²) in [6, 6.07) is 14.6. The first kappa shape index (κ1) is 14.1. The molecule has 7 heteroatoms. The van der Waals surface area contributed by atoms with Gasteiger partial charge in [0.05, 0.1) is 29.9 Å². The smallest absolute Gasteiger partial charge is 0.259 e. The highest BCUT2D eigenvalue weighted by Crippen LogP contribution is 2.17. The van der Waals surface area contributed by atoms with Crippen LogP contribution in [-0.4, -0.2) is 32.1 Å². The molecule has 2 aromatic carbocycles. The Labute approximate surface area is 136 Å². The largest absolute Gasteiger partial charge is 0.497 e. The highest BCUT2D eigenvalue weighted by Gasteiger charge is 2.10. The summed E-state index contributed by atoms with van der Waals surface area (Å²) in [5, 5.41) is 8.74. The van der Waals surface area contributed by atoms with Crippen molar-refractivity contribution in [3.63, 3.8) is 0 Å². The second kappa shape index (κ2) is 5.62. The summed E-state index contributed by atoms with van der Waals surface area (Å²) in [6.45, 7) is 0. The van der Waals surface area contributed by atoms with Gasteiger partial charge in [-0.3, -0.25) is 4.79 Å². The summed E-state index contributed by atoms with van der Waals surface area (Å²) >= 11 is 0. The Morgan fingerprint density at radius 3 is 2.67 bits per heavy atom. The van der Waals surface area contributed by atoms with Gasteiger partial charge < -0.3 is 9.72 Å². The number of hydrogen-bond donors (Lipinski definition) is 1. The van der Waals surface area contributed by atoms with Gasteiger partial charge in [0, 0.05) is 0 Å². The van der Waals surface area contributed by atoms with E-state index in [-0.39, 0.29) is 5.56 Å². The molecule has 4 rings (SSSR count). The van der Waals surface area contributed by atoms with Crippen molar-refractivity contribution < 1.29 is 4.74 Å². The quantitative estimate of drug-likeness (QED) is 0.625. The zero-order valence-corrected chi connectivity index (χ0v) is 12.8. The standard InChI is InChI=1S/C17H13N5O2/c1-24-12-8-6-11(7-9-12)22-10-15(20-21-22)16-18-14-5-3-2-4-13(14)17(23)19-16/h2-10H,1H3,(H,18,19,23). The van der Waals surface area contributed by atoms with Crippen molar-refractivity contribution in [1.29, 1.82) is 0 Å². The Bertz CT molecular complexity index is 1070. The molecule has 2 heterocycles. The van der Waals surface area contributed by atoms with Gasteiger partial charge in [0.1, 0.15) is 11.4 Å². The highest BCUT2D eigenvalue weighted by molar-refractivity contribution is 5.78. The number of para-hydroxylation sites is 1. The van der Waals surface area contributed by atoms with Crippen LogP contribution in [0.1, 0.15) is 0 Å². The number of rotatable bonds is 3. The lowest BCUT2D eigenvalue weighted by Gasteiger charge is -2.02. The molecule has 0 unspecified atom stereocenters. The van der Waals surface area contributed by atoms with E-state index in [1.807, 2.05) is 30.3 Å². The van der Waals surface area contributed by atoms with Crippen molar-refractivity contribution in [2.75, 3.05) is 7.11 Å². The molecule has 0 aliphatic carbocycles. The summed E-state index contributed by atoms with van der Waals surface area (Å²) in [5.74, 6) is 1.15. The van der Waals surface area contributed by atoms with Crippen LogP contribution in [0.2, 0.25) is 0 Å². The number of H-pyrrole nitrogens is 1.